The zero-order chi connectivity index (χ0) is 15.4. The molecule has 2 rings (SSSR count). The van der Waals surface area contributed by atoms with E-state index in [1.807, 2.05) is 0 Å². The van der Waals surface area contributed by atoms with Gasteiger partial charge in [-0.05, 0) is 32.1 Å². The molecule has 0 aliphatic carbocycles. The number of carbonyl (C=O) groups is 3. The summed E-state index contributed by atoms with van der Waals surface area (Å²) in [5.41, 5.74) is 5.31. The van der Waals surface area contributed by atoms with Gasteiger partial charge < -0.3 is 25.8 Å². The number of rotatable bonds is 4. The molecule has 2 aliphatic heterocycles. The van der Waals surface area contributed by atoms with E-state index in [1.54, 1.807) is 0 Å². The zero-order valence-corrected chi connectivity index (χ0v) is 11.8. The third kappa shape index (κ3) is 3.84. The normalized spacial score (nSPS) is 29.1. The largest absolute Gasteiger partial charge is 0.479 e. The number of hydrogen-bond acceptors (Lipinski definition) is 4. The summed E-state index contributed by atoms with van der Waals surface area (Å²) in [5, 5.41) is 11.5. The second-order valence-electron chi connectivity index (χ2n) is 5.46. The number of carboxylic acid groups (broad SMARTS) is 1. The van der Waals surface area contributed by atoms with Crippen LogP contribution in [-0.4, -0.2) is 59.3 Å². The standard InChI is InChI=1S/C13H21N3O5/c14-11(17)9-3-1-2-6-16(9)13(20)15-7-8-4-5-10(21-8)12(18)19/h8-10H,1-7H2,(H2,14,17)(H,15,20)(H,18,19). The lowest BCUT2D eigenvalue weighted by Gasteiger charge is -2.33. The fraction of sp³-hybridized carbons (Fsp3) is 0.769. The number of carboxylic acids is 1. The molecule has 0 spiro atoms. The van der Waals surface area contributed by atoms with E-state index in [-0.39, 0.29) is 18.7 Å². The van der Waals surface area contributed by atoms with Crippen molar-refractivity contribution in [3.05, 3.63) is 0 Å². The average molecular weight is 299 g/mol. The van der Waals surface area contributed by atoms with Crippen LogP contribution in [0.3, 0.4) is 0 Å². The van der Waals surface area contributed by atoms with Gasteiger partial charge in [0.15, 0.2) is 6.10 Å². The van der Waals surface area contributed by atoms with Crippen LogP contribution in [0.5, 0.6) is 0 Å². The first-order valence-electron chi connectivity index (χ1n) is 7.21. The molecule has 2 fully saturated rings. The van der Waals surface area contributed by atoms with Crippen molar-refractivity contribution in [2.45, 2.75) is 50.4 Å². The van der Waals surface area contributed by atoms with Gasteiger partial charge in [-0.3, -0.25) is 4.79 Å². The molecule has 2 saturated heterocycles. The van der Waals surface area contributed by atoms with E-state index < -0.39 is 24.0 Å². The lowest BCUT2D eigenvalue weighted by Crippen LogP contribution is -2.54. The maximum absolute atomic E-state index is 12.1. The summed E-state index contributed by atoms with van der Waals surface area (Å²) < 4.78 is 5.31. The number of ether oxygens (including phenoxy) is 1. The molecule has 21 heavy (non-hydrogen) atoms. The van der Waals surface area contributed by atoms with E-state index in [9.17, 15) is 14.4 Å². The van der Waals surface area contributed by atoms with E-state index in [2.05, 4.69) is 5.32 Å². The Labute approximate surface area is 122 Å². The molecule has 0 radical (unpaired) electrons. The Morgan fingerprint density at radius 3 is 2.62 bits per heavy atom. The van der Waals surface area contributed by atoms with Gasteiger partial charge >= 0.3 is 12.0 Å². The van der Waals surface area contributed by atoms with Gasteiger partial charge in [-0.1, -0.05) is 0 Å². The third-order valence-electron chi connectivity index (χ3n) is 3.96. The molecule has 8 nitrogen and oxygen atoms in total. The molecule has 8 heteroatoms. The van der Waals surface area contributed by atoms with Gasteiger partial charge in [-0.2, -0.15) is 0 Å². The molecule has 4 N–H and O–H groups in total. The SMILES string of the molecule is NC(=O)C1CCCCN1C(=O)NCC1CCC(C(=O)O)O1. The lowest BCUT2D eigenvalue weighted by molar-refractivity contribution is -0.149. The topological polar surface area (TPSA) is 122 Å². The highest BCUT2D eigenvalue weighted by molar-refractivity contribution is 5.86. The fourth-order valence-electron chi connectivity index (χ4n) is 2.81. The van der Waals surface area contributed by atoms with Crippen LogP contribution in [0.1, 0.15) is 32.1 Å². The summed E-state index contributed by atoms with van der Waals surface area (Å²) in [7, 11) is 0. The van der Waals surface area contributed by atoms with Crippen LogP contribution in [0.25, 0.3) is 0 Å². The number of urea groups is 1. The van der Waals surface area contributed by atoms with Gasteiger partial charge in [0, 0.05) is 13.1 Å². The van der Waals surface area contributed by atoms with Gasteiger partial charge in [0.05, 0.1) is 6.10 Å². The van der Waals surface area contributed by atoms with Crippen LogP contribution in [0.2, 0.25) is 0 Å². The minimum absolute atomic E-state index is 0.241. The van der Waals surface area contributed by atoms with Gasteiger partial charge in [0.1, 0.15) is 6.04 Å². The Bertz CT molecular complexity index is 428. The molecule has 0 aromatic heterocycles. The number of amides is 3. The van der Waals surface area contributed by atoms with Crippen molar-refractivity contribution in [2.24, 2.45) is 5.73 Å². The summed E-state index contributed by atoms with van der Waals surface area (Å²) in [6.07, 6.45) is 2.26. The van der Waals surface area contributed by atoms with Crippen molar-refractivity contribution in [1.82, 2.24) is 10.2 Å². The Hall–Kier alpha value is -1.83. The zero-order valence-electron chi connectivity index (χ0n) is 11.8. The second-order valence-corrected chi connectivity index (χ2v) is 5.46. The number of nitrogens with one attached hydrogen (secondary N) is 1. The number of piperidine rings is 1. The van der Waals surface area contributed by atoms with Crippen molar-refractivity contribution < 1.29 is 24.2 Å². The molecule has 3 amide bonds. The minimum atomic E-state index is -0.978. The molecular weight excluding hydrogens is 278 g/mol. The van der Waals surface area contributed by atoms with Crippen molar-refractivity contribution in [1.29, 1.82) is 0 Å². The third-order valence-corrected chi connectivity index (χ3v) is 3.96. The highest BCUT2D eigenvalue weighted by Gasteiger charge is 2.33. The number of carbonyl (C=O) groups excluding carboxylic acids is 2. The van der Waals surface area contributed by atoms with Crippen molar-refractivity contribution in [2.75, 3.05) is 13.1 Å². The number of nitrogens with two attached hydrogens (primary N) is 1. The predicted octanol–water partition coefficient (Wildman–Crippen LogP) is -0.332. The van der Waals surface area contributed by atoms with Crippen LogP contribution in [0.4, 0.5) is 4.79 Å². The van der Waals surface area contributed by atoms with Crippen LogP contribution in [0, 0.1) is 0 Å². The number of likely N-dealkylation sites (tertiary alicyclic amines) is 1. The van der Waals surface area contributed by atoms with Gasteiger partial charge in [0.2, 0.25) is 5.91 Å². The molecule has 0 aromatic carbocycles. The first kappa shape index (κ1) is 15.6. The molecular formula is C13H21N3O5. The first-order valence-corrected chi connectivity index (χ1v) is 7.21. The van der Waals surface area contributed by atoms with Crippen molar-refractivity contribution in [3.63, 3.8) is 0 Å². The molecule has 118 valence electrons. The Balaban J connectivity index is 1.81. The highest BCUT2D eigenvalue weighted by atomic mass is 16.5. The molecule has 0 bridgehead atoms. The van der Waals surface area contributed by atoms with Crippen LogP contribution >= 0.6 is 0 Å². The lowest BCUT2D eigenvalue weighted by atomic mass is 10.0. The Kier molecular flexibility index (Phi) is 5.00. The monoisotopic (exact) mass is 299 g/mol. The quantitative estimate of drug-likeness (QED) is 0.656. The van der Waals surface area contributed by atoms with E-state index in [1.165, 1.54) is 4.90 Å². The summed E-state index contributed by atoms with van der Waals surface area (Å²) in [6, 6.07) is -0.907. The molecule has 2 aliphatic rings. The number of aliphatic carboxylic acids is 1. The smallest absolute Gasteiger partial charge is 0.332 e. The first-order chi connectivity index (χ1) is 9.99. The Morgan fingerprint density at radius 2 is 2.00 bits per heavy atom. The van der Waals surface area contributed by atoms with Crippen molar-refractivity contribution in [3.8, 4) is 0 Å². The maximum atomic E-state index is 12.1. The molecule has 0 saturated carbocycles. The van der Waals surface area contributed by atoms with Crippen LogP contribution in [-0.2, 0) is 14.3 Å². The van der Waals surface area contributed by atoms with Crippen LogP contribution < -0.4 is 11.1 Å². The fourth-order valence-corrected chi connectivity index (χ4v) is 2.81. The summed E-state index contributed by atoms with van der Waals surface area (Å²) in [5.74, 6) is -1.47. The summed E-state index contributed by atoms with van der Waals surface area (Å²) >= 11 is 0. The summed E-state index contributed by atoms with van der Waals surface area (Å²) in [4.78, 5) is 35.7. The highest BCUT2D eigenvalue weighted by Crippen LogP contribution is 2.20. The molecule has 2 heterocycles. The maximum Gasteiger partial charge on any atom is 0.332 e. The molecule has 3 unspecified atom stereocenters. The number of hydrogen-bond donors (Lipinski definition) is 3. The van der Waals surface area contributed by atoms with Gasteiger partial charge in [-0.25, -0.2) is 9.59 Å². The second kappa shape index (κ2) is 6.75. The van der Waals surface area contributed by atoms with E-state index in [0.717, 1.165) is 12.8 Å². The van der Waals surface area contributed by atoms with Crippen LogP contribution in [0.15, 0.2) is 0 Å². The molecule has 0 aromatic rings. The Morgan fingerprint density at radius 1 is 1.24 bits per heavy atom. The van der Waals surface area contributed by atoms with E-state index in [0.29, 0.717) is 25.8 Å². The molecule has 3 atom stereocenters. The van der Waals surface area contributed by atoms with Crippen molar-refractivity contribution >= 4 is 17.9 Å². The summed E-state index contributed by atoms with van der Waals surface area (Å²) in [6.45, 7) is 0.743. The number of primary amides is 1. The average Bonchev–Trinajstić information content (AvgIpc) is 2.94. The number of nitrogens with zero attached hydrogens (tertiary/aromatic N) is 1. The van der Waals surface area contributed by atoms with E-state index >= 15 is 0 Å². The predicted molar refractivity (Wildman–Crippen MR) is 72.5 cm³/mol. The van der Waals surface area contributed by atoms with Gasteiger partial charge in [-0.15, -0.1) is 0 Å². The minimum Gasteiger partial charge on any atom is -0.479 e. The van der Waals surface area contributed by atoms with E-state index in [4.69, 9.17) is 15.6 Å². The van der Waals surface area contributed by atoms with Gasteiger partial charge in [0.25, 0.3) is 0 Å².